The van der Waals surface area contributed by atoms with E-state index in [-0.39, 0.29) is 5.91 Å². The normalized spacial score (nSPS) is 10.6. The van der Waals surface area contributed by atoms with Crippen molar-refractivity contribution in [1.82, 2.24) is 15.3 Å². The zero-order chi connectivity index (χ0) is 15.1. The molecule has 21 heavy (non-hydrogen) atoms. The number of hydrogen-bond acceptors (Lipinski definition) is 5. The van der Waals surface area contributed by atoms with Crippen LogP contribution in [0.4, 0.5) is 0 Å². The predicted octanol–water partition coefficient (Wildman–Crippen LogP) is 2.88. The fourth-order valence-electron chi connectivity index (χ4n) is 1.84. The van der Waals surface area contributed by atoms with Crippen LogP contribution in [0.2, 0.25) is 0 Å². The van der Waals surface area contributed by atoms with Crippen molar-refractivity contribution in [2.24, 2.45) is 0 Å². The van der Waals surface area contributed by atoms with Gasteiger partial charge < -0.3 is 9.73 Å². The van der Waals surface area contributed by atoms with E-state index >= 15 is 0 Å². The molecule has 0 fully saturated rings. The van der Waals surface area contributed by atoms with Crippen LogP contribution in [0.25, 0.3) is 0 Å². The van der Waals surface area contributed by atoms with E-state index in [0.717, 1.165) is 34.5 Å². The van der Waals surface area contributed by atoms with Crippen molar-refractivity contribution >= 4 is 17.7 Å². The molecule has 6 heteroatoms. The zero-order valence-electron chi connectivity index (χ0n) is 12.3. The molecule has 2 aromatic heterocycles. The summed E-state index contributed by atoms with van der Waals surface area (Å²) in [5, 5.41) is 3.61. The minimum atomic E-state index is 0.0355. The molecule has 0 spiro atoms. The molecular weight excluding hydrogens is 286 g/mol. The molecule has 0 aliphatic carbocycles. The number of furan rings is 1. The minimum absolute atomic E-state index is 0.0355. The van der Waals surface area contributed by atoms with Crippen molar-refractivity contribution in [3.63, 3.8) is 0 Å². The van der Waals surface area contributed by atoms with E-state index in [1.165, 1.54) is 0 Å². The van der Waals surface area contributed by atoms with Gasteiger partial charge in [-0.05, 0) is 38.5 Å². The maximum Gasteiger partial charge on any atom is 0.220 e. The highest BCUT2D eigenvalue weighted by Crippen LogP contribution is 2.15. The second kappa shape index (κ2) is 7.83. The molecule has 1 N–H and O–H groups in total. The van der Waals surface area contributed by atoms with Crippen molar-refractivity contribution in [3.8, 4) is 0 Å². The standard InChI is InChI=1S/C15H19N3O2S/c1-11-9-12(2)18-15(17-11)21-8-4-6-14(19)16-10-13-5-3-7-20-13/h3,5,7,9H,4,6,8,10H2,1-2H3,(H,16,19). The monoisotopic (exact) mass is 305 g/mol. The third kappa shape index (κ3) is 5.59. The highest BCUT2D eigenvalue weighted by molar-refractivity contribution is 7.99. The van der Waals surface area contributed by atoms with Crippen molar-refractivity contribution in [2.45, 2.75) is 38.4 Å². The van der Waals surface area contributed by atoms with Crippen LogP contribution >= 0.6 is 11.8 Å². The fourth-order valence-corrected chi connectivity index (χ4v) is 2.73. The van der Waals surface area contributed by atoms with Gasteiger partial charge in [0.05, 0.1) is 12.8 Å². The third-order valence-electron chi connectivity index (χ3n) is 2.78. The van der Waals surface area contributed by atoms with E-state index in [1.54, 1.807) is 18.0 Å². The van der Waals surface area contributed by atoms with Gasteiger partial charge in [-0.1, -0.05) is 11.8 Å². The van der Waals surface area contributed by atoms with Gasteiger partial charge in [-0.3, -0.25) is 4.79 Å². The summed E-state index contributed by atoms with van der Waals surface area (Å²) >= 11 is 1.59. The summed E-state index contributed by atoms with van der Waals surface area (Å²) in [6, 6.07) is 5.60. The van der Waals surface area contributed by atoms with Crippen LogP contribution < -0.4 is 5.32 Å². The van der Waals surface area contributed by atoms with Crippen molar-refractivity contribution in [3.05, 3.63) is 41.6 Å². The third-order valence-corrected chi connectivity index (χ3v) is 3.71. The van der Waals surface area contributed by atoms with Crippen molar-refractivity contribution in [2.75, 3.05) is 5.75 Å². The topological polar surface area (TPSA) is 68.0 Å². The number of aromatic nitrogens is 2. The Morgan fingerprint density at radius 2 is 2.10 bits per heavy atom. The molecule has 112 valence electrons. The lowest BCUT2D eigenvalue weighted by Crippen LogP contribution is -2.22. The molecule has 0 radical (unpaired) electrons. The molecule has 0 saturated carbocycles. The predicted molar refractivity (Wildman–Crippen MR) is 82.0 cm³/mol. The molecule has 0 bridgehead atoms. The molecule has 0 atom stereocenters. The summed E-state index contributed by atoms with van der Waals surface area (Å²) in [4.78, 5) is 20.4. The van der Waals surface area contributed by atoms with Gasteiger partial charge in [-0.2, -0.15) is 0 Å². The van der Waals surface area contributed by atoms with Crippen LogP contribution in [-0.2, 0) is 11.3 Å². The molecule has 1 amide bonds. The zero-order valence-corrected chi connectivity index (χ0v) is 13.1. The van der Waals surface area contributed by atoms with E-state index in [1.807, 2.05) is 32.0 Å². The lowest BCUT2D eigenvalue weighted by molar-refractivity contribution is -0.121. The SMILES string of the molecule is Cc1cc(C)nc(SCCCC(=O)NCc2ccco2)n1. The van der Waals surface area contributed by atoms with E-state index in [2.05, 4.69) is 15.3 Å². The smallest absolute Gasteiger partial charge is 0.220 e. The average molecular weight is 305 g/mol. The summed E-state index contributed by atoms with van der Waals surface area (Å²) in [7, 11) is 0. The van der Waals surface area contributed by atoms with E-state index in [9.17, 15) is 4.79 Å². The molecule has 2 aromatic rings. The highest BCUT2D eigenvalue weighted by Gasteiger charge is 2.04. The lowest BCUT2D eigenvalue weighted by atomic mass is 10.3. The van der Waals surface area contributed by atoms with Gasteiger partial charge in [0.15, 0.2) is 5.16 Å². The Labute approximate surface area is 128 Å². The first-order valence-corrected chi connectivity index (χ1v) is 7.86. The van der Waals surface area contributed by atoms with Gasteiger partial charge >= 0.3 is 0 Å². The number of hydrogen-bond donors (Lipinski definition) is 1. The number of rotatable bonds is 7. The van der Waals surface area contributed by atoms with Crippen LogP contribution in [0.3, 0.4) is 0 Å². The maximum atomic E-state index is 11.7. The first-order chi connectivity index (χ1) is 10.1. The molecule has 2 rings (SSSR count). The van der Waals surface area contributed by atoms with Gasteiger partial charge in [-0.25, -0.2) is 9.97 Å². The van der Waals surface area contributed by atoms with Gasteiger partial charge in [-0.15, -0.1) is 0 Å². The molecule has 0 saturated heterocycles. The molecule has 0 unspecified atom stereocenters. The van der Waals surface area contributed by atoms with Crippen molar-refractivity contribution < 1.29 is 9.21 Å². The highest BCUT2D eigenvalue weighted by atomic mass is 32.2. The lowest BCUT2D eigenvalue weighted by Gasteiger charge is -2.04. The molecule has 5 nitrogen and oxygen atoms in total. The van der Waals surface area contributed by atoms with Crippen molar-refractivity contribution in [1.29, 1.82) is 0 Å². The Morgan fingerprint density at radius 3 is 2.76 bits per heavy atom. The molecule has 2 heterocycles. The number of carbonyl (C=O) groups is 1. The van der Waals surface area contributed by atoms with E-state index in [4.69, 9.17) is 4.42 Å². The second-order valence-corrected chi connectivity index (χ2v) is 5.80. The fraction of sp³-hybridized carbons (Fsp3) is 0.400. The Kier molecular flexibility index (Phi) is 5.80. The molecule has 0 aliphatic rings. The number of amides is 1. The van der Waals surface area contributed by atoms with Crippen LogP contribution in [-0.4, -0.2) is 21.6 Å². The number of nitrogens with zero attached hydrogens (tertiary/aromatic N) is 2. The largest absolute Gasteiger partial charge is 0.467 e. The summed E-state index contributed by atoms with van der Waals surface area (Å²) in [6.07, 6.45) is 2.89. The maximum absolute atomic E-state index is 11.7. The van der Waals surface area contributed by atoms with Gasteiger partial charge in [0.1, 0.15) is 5.76 Å². The number of nitrogens with one attached hydrogen (secondary N) is 1. The number of aryl methyl sites for hydroxylation is 2. The average Bonchev–Trinajstić information content (AvgIpc) is 2.93. The Balaban J connectivity index is 1.63. The van der Waals surface area contributed by atoms with Gasteiger partial charge in [0.25, 0.3) is 0 Å². The van der Waals surface area contributed by atoms with E-state index in [0.29, 0.717) is 13.0 Å². The Morgan fingerprint density at radius 1 is 1.33 bits per heavy atom. The molecule has 0 aromatic carbocycles. The summed E-state index contributed by atoms with van der Waals surface area (Å²) in [5.41, 5.74) is 1.95. The molecular formula is C15H19N3O2S. The first kappa shape index (κ1) is 15.6. The van der Waals surface area contributed by atoms with Gasteiger partial charge in [0, 0.05) is 23.6 Å². The van der Waals surface area contributed by atoms with E-state index < -0.39 is 0 Å². The summed E-state index contributed by atoms with van der Waals surface area (Å²) in [5.74, 6) is 1.63. The summed E-state index contributed by atoms with van der Waals surface area (Å²) < 4.78 is 5.15. The quantitative estimate of drug-likeness (QED) is 0.484. The van der Waals surface area contributed by atoms with Crippen LogP contribution in [0.1, 0.15) is 30.0 Å². The Hall–Kier alpha value is -1.82. The Bertz CT molecular complexity index is 564. The minimum Gasteiger partial charge on any atom is -0.467 e. The van der Waals surface area contributed by atoms with Crippen LogP contribution in [0.5, 0.6) is 0 Å². The second-order valence-electron chi connectivity index (χ2n) is 4.74. The number of thioether (sulfide) groups is 1. The first-order valence-electron chi connectivity index (χ1n) is 6.87. The van der Waals surface area contributed by atoms with Crippen LogP contribution in [0.15, 0.2) is 34.0 Å². The van der Waals surface area contributed by atoms with Crippen LogP contribution in [0, 0.1) is 13.8 Å². The summed E-state index contributed by atoms with van der Waals surface area (Å²) in [6.45, 7) is 4.36. The number of carbonyl (C=O) groups excluding carboxylic acids is 1. The molecule has 0 aliphatic heterocycles. The van der Waals surface area contributed by atoms with Gasteiger partial charge in [0.2, 0.25) is 5.91 Å².